The highest BCUT2D eigenvalue weighted by atomic mass is 32.2. The average molecular weight is 435 g/mol. The standard InChI is InChI=1S/C21H26N2O4S2/c1-5-18(15-7-10-17(11-8-15)29(4,25)26)22-21(28)23-19-12-9-16(13-14(19)3)20(24)27-6-2/h7-13,18H,5-6H2,1-4H3,(H2,22,23,28)/t18-/m0/s1. The Bertz CT molecular complexity index is 986. The van der Waals surface area contributed by atoms with Crippen LogP contribution in [0.1, 0.15) is 47.8 Å². The molecule has 0 spiro atoms. The number of sulfone groups is 1. The Morgan fingerprint density at radius 2 is 1.79 bits per heavy atom. The van der Waals surface area contributed by atoms with Gasteiger partial charge in [-0.15, -0.1) is 0 Å². The van der Waals surface area contributed by atoms with Crippen molar-refractivity contribution in [3.05, 3.63) is 59.2 Å². The van der Waals surface area contributed by atoms with E-state index in [2.05, 4.69) is 10.6 Å². The van der Waals surface area contributed by atoms with Crippen molar-refractivity contribution in [3.8, 4) is 0 Å². The Labute approximate surface area is 177 Å². The summed E-state index contributed by atoms with van der Waals surface area (Å²) in [6.45, 7) is 6.00. The highest BCUT2D eigenvalue weighted by Gasteiger charge is 2.14. The van der Waals surface area contributed by atoms with Gasteiger partial charge >= 0.3 is 5.97 Å². The van der Waals surface area contributed by atoms with Crippen LogP contribution in [0.5, 0.6) is 0 Å². The molecule has 2 aromatic carbocycles. The minimum Gasteiger partial charge on any atom is -0.462 e. The first-order chi connectivity index (χ1) is 13.7. The molecule has 8 heteroatoms. The van der Waals surface area contributed by atoms with Crippen molar-refractivity contribution in [2.45, 2.75) is 38.1 Å². The molecule has 0 aromatic heterocycles. The fourth-order valence-corrected chi connectivity index (χ4v) is 3.71. The van der Waals surface area contributed by atoms with Crippen LogP contribution < -0.4 is 10.6 Å². The van der Waals surface area contributed by atoms with Crippen LogP contribution in [-0.4, -0.2) is 32.4 Å². The lowest BCUT2D eigenvalue weighted by Gasteiger charge is -2.21. The first-order valence-electron chi connectivity index (χ1n) is 9.31. The van der Waals surface area contributed by atoms with E-state index in [1.54, 1.807) is 49.4 Å². The molecule has 2 aromatic rings. The number of benzene rings is 2. The molecule has 2 N–H and O–H groups in total. The van der Waals surface area contributed by atoms with Crippen LogP contribution in [0.4, 0.5) is 5.69 Å². The maximum absolute atomic E-state index is 11.8. The maximum Gasteiger partial charge on any atom is 0.338 e. The lowest BCUT2D eigenvalue weighted by Crippen LogP contribution is -2.32. The smallest absolute Gasteiger partial charge is 0.338 e. The molecule has 0 bridgehead atoms. The van der Waals surface area contributed by atoms with Gasteiger partial charge in [0, 0.05) is 11.9 Å². The average Bonchev–Trinajstić information content (AvgIpc) is 2.67. The number of esters is 1. The van der Waals surface area contributed by atoms with Gasteiger partial charge in [0.1, 0.15) is 0 Å². The number of carbonyl (C=O) groups excluding carboxylic acids is 1. The topological polar surface area (TPSA) is 84.5 Å². The van der Waals surface area contributed by atoms with E-state index >= 15 is 0 Å². The zero-order valence-electron chi connectivity index (χ0n) is 17.0. The van der Waals surface area contributed by atoms with E-state index in [-0.39, 0.29) is 16.9 Å². The molecule has 0 fully saturated rings. The molecule has 6 nitrogen and oxygen atoms in total. The molecule has 29 heavy (non-hydrogen) atoms. The van der Waals surface area contributed by atoms with Crippen LogP contribution in [0.3, 0.4) is 0 Å². The highest BCUT2D eigenvalue weighted by molar-refractivity contribution is 7.90. The number of thiocarbonyl (C=S) groups is 1. The molecule has 2 rings (SSSR count). The Hall–Kier alpha value is -2.45. The van der Waals surface area contributed by atoms with Crippen LogP contribution >= 0.6 is 12.2 Å². The van der Waals surface area contributed by atoms with Crippen LogP contribution in [0.25, 0.3) is 0 Å². The first-order valence-corrected chi connectivity index (χ1v) is 11.6. The predicted octanol–water partition coefficient (Wildman–Crippen LogP) is 4.01. The molecule has 0 aliphatic carbocycles. The monoisotopic (exact) mass is 434 g/mol. The van der Waals surface area contributed by atoms with E-state index in [9.17, 15) is 13.2 Å². The van der Waals surface area contributed by atoms with Gasteiger partial charge in [-0.05, 0) is 73.9 Å². The Balaban J connectivity index is 2.08. The van der Waals surface area contributed by atoms with E-state index in [1.165, 1.54) is 6.26 Å². The molecule has 0 aliphatic rings. The summed E-state index contributed by atoms with van der Waals surface area (Å²) < 4.78 is 28.3. The number of hydrogen-bond acceptors (Lipinski definition) is 5. The number of ether oxygens (including phenoxy) is 1. The van der Waals surface area contributed by atoms with Crippen LogP contribution in [0.2, 0.25) is 0 Å². The van der Waals surface area contributed by atoms with E-state index in [1.807, 2.05) is 13.8 Å². The summed E-state index contributed by atoms with van der Waals surface area (Å²) in [5.41, 5.74) is 3.09. The molecule has 1 atom stereocenters. The minimum absolute atomic E-state index is 0.0669. The van der Waals surface area contributed by atoms with Gasteiger partial charge in [0.25, 0.3) is 0 Å². The van der Waals surface area contributed by atoms with Crippen molar-refractivity contribution in [2.24, 2.45) is 0 Å². The fourth-order valence-electron chi connectivity index (χ4n) is 2.83. The normalized spacial score (nSPS) is 12.1. The Kier molecular flexibility index (Phi) is 7.75. The molecule has 0 unspecified atom stereocenters. The van der Waals surface area contributed by atoms with Gasteiger partial charge < -0.3 is 15.4 Å². The van der Waals surface area contributed by atoms with Crippen molar-refractivity contribution in [3.63, 3.8) is 0 Å². The highest BCUT2D eigenvalue weighted by Crippen LogP contribution is 2.21. The van der Waals surface area contributed by atoms with Crippen molar-refractivity contribution < 1.29 is 17.9 Å². The number of anilines is 1. The summed E-state index contributed by atoms with van der Waals surface area (Å²) in [5.74, 6) is -0.355. The van der Waals surface area contributed by atoms with Crippen molar-refractivity contribution in [1.82, 2.24) is 5.32 Å². The lowest BCUT2D eigenvalue weighted by atomic mass is 10.1. The molecule has 0 heterocycles. The van der Waals surface area contributed by atoms with Gasteiger partial charge in [-0.2, -0.15) is 0 Å². The number of rotatable bonds is 7. The number of carbonyl (C=O) groups is 1. The van der Waals surface area contributed by atoms with Crippen molar-refractivity contribution in [2.75, 3.05) is 18.2 Å². The number of nitrogens with one attached hydrogen (secondary N) is 2. The SMILES string of the molecule is CCOC(=O)c1ccc(NC(=S)N[C@@H](CC)c2ccc(S(C)(=O)=O)cc2)c(C)c1. The second-order valence-electron chi connectivity index (χ2n) is 6.65. The molecule has 0 amide bonds. The summed E-state index contributed by atoms with van der Waals surface area (Å²) >= 11 is 5.44. The van der Waals surface area contributed by atoms with Gasteiger partial charge in [0.2, 0.25) is 0 Å². The quantitative estimate of drug-likeness (QED) is 0.503. The third-order valence-corrected chi connectivity index (χ3v) is 5.76. The zero-order valence-corrected chi connectivity index (χ0v) is 18.6. The third kappa shape index (κ3) is 6.27. The Morgan fingerprint density at radius 3 is 2.31 bits per heavy atom. The van der Waals surface area contributed by atoms with E-state index < -0.39 is 9.84 Å². The lowest BCUT2D eigenvalue weighted by molar-refractivity contribution is 0.0526. The summed E-state index contributed by atoms with van der Waals surface area (Å²) in [5, 5.41) is 6.85. The van der Waals surface area contributed by atoms with Crippen molar-refractivity contribution in [1.29, 1.82) is 0 Å². The van der Waals surface area contributed by atoms with E-state index in [0.717, 1.165) is 23.2 Å². The van der Waals surface area contributed by atoms with Gasteiger partial charge in [-0.25, -0.2) is 13.2 Å². The first kappa shape index (κ1) is 22.8. The summed E-state index contributed by atoms with van der Waals surface area (Å²) in [6.07, 6.45) is 1.95. The van der Waals surface area contributed by atoms with Gasteiger partial charge in [0.15, 0.2) is 14.9 Å². The van der Waals surface area contributed by atoms with E-state index in [0.29, 0.717) is 17.3 Å². The second-order valence-corrected chi connectivity index (χ2v) is 9.07. The zero-order chi connectivity index (χ0) is 21.6. The van der Waals surface area contributed by atoms with Crippen molar-refractivity contribution >= 4 is 38.8 Å². The molecule has 0 radical (unpaired) electrons. The van der Waals surface area contributed by atoms with Gasteiger partial charge in [-0.3, -0.25) is 0 Å². The number of hydrogen-bond donors (Lipinski definition) is 2. The predicted molar refractivity (Wildman–Crippen MR) is 119 cm³/mol. The van der Waals surface area contributed by atoms with Gasteiger partial charge in [-0.1, -0.05) is 19.1 Å². The molecule has 156 valence electrons. The van der Waals surface area contributed by atoms with Crippen LogP contribution in [0, 0.1) is 6.92 Å². The molecule has 0 saturated heterocycles. The summed E-state index contributed by atoms with van der Waals surface area (Å²) in [7, 11) is -3.23. The minimum atomic E-state index is -3.23. The second kappa shape index (κ2) is 9.84. The molecule has 0 aliphatic heterocycles. The summed E-state index contributed by atoms with van der Waals surface area (Å²) in [4.78, 5) is 12.1. The third-order valence-electron chi connectivity index (χ3n) is 4.41. The van der Waals surface area contributed by atoms with Crippen LogP contribution in [0.15, 0.2) is 47.4 Å². The molecular weight excluding hydrogens is 408 g/mol. The molecular formula is C21H26N2O4S2. The largest absolute Gasteiger partial charge is 0.462 e. The fraction of sp³-hybridized carbons (Fsp3) is 0.333. The van der Waals surface area contributed by atoms with E-state index in [4.69, 9.17) is 17.0 Å². The van der Waals surface area contributed by atoms with Gasteiger partial charge in [0.05, 0.1) is 23.1 Å². The Morgan fingerprint density at radius 1 is 1.14 bits per heavy atom. The summed E-state index contributed by atoms with van der Waals surface area (Å²) in [6, 6.07) is 12.0. The number of aryl methyl sites for hydroxylation is 1. The molecule has 0 saturated carbocycles. The maximum atomic E-state index is 11.8. The van der Waals surface area contributed by atoms with Crippen LogP contribution in [-0.2, 0) is 14.6 Å².